The molecule has 0 radical (unpaired) electrons. The SMILES string of the molecule is Cn1c(=O)n(C2CCC(=O)NC2=O)c2cccc(CCCOC[C@H]3CN(C(=O)OC(C)(C)C)CCO3)c21. The number of aryl methyl sites for hydroxylation is 2. The molecular weight excluding hydrogens is 480 g/mol. The Labute approximate surface area is 215 Å². The van der Waals surface area contributed by atoms with E-state index in [0.717, 1.165) is 17.5 Å². The summed E-state index contributed by atoms with van der Waals surface area (Å²) in [6, 6.07) is 4.97. The summed E-state index contributed by atoms with van der Waals surface area (Å²) in [6.45, 7) is 7.74. The second kappa shape index (κ2) is 11.1. The Bertz CT molecular complexity index is 1230. The molecular formula is C26H36N4O7. The molecule has 2 aromatic rings. The summed E-state index contributed by atoms with van der Waals surface area (Å²) >= 11 is 0. The zero-order chi connectivity index (χ0) is 26.7. The monoisotopic (exact) mass is 516 g/mol. The first kappa shape index (κ1) is 26.9. The van der Waals surface area contributed by atoms with Crippen LogP contribution in [0.4, 0.5) is 4.79 Å². The van der Waals surface area contributed by atoms with Gasteiger partial charge in [-0.2, -0.15) is 0 Å². The van der Waals surface area contributed by atoms with Gasteiger partial charge in [0.1, 0.15) is 11.6 Å². The molecule has 2 fully saturated rings. The van der Waals surface area contributed by atoms with Crippen molar-refractivity contribution in [3.63, 3.8) is 0 Å². The Morgan fingerprint density at radius 2 is 2.00 bits per heavy atom. The number of fused-ring (bicyclic) bond motifs is 1. The quantitative estimate of drug-likeness (QED) is 0.441. The second-order valence-electron chi connectivity index (χ2n) is 10.6. The fourth-order valence-corrected chi connectivity index (χ4v) is 4.84. The molecule has 0 saturated carbocycles. The van der Waals surface area contributed by atoms with Crippen molar-refractivity contribution in [2.24, 2.45) is 7.05 Å². The smallest absolute Gasteiger partial charge is 0.410 e. The highest BCUT2D eigenvalue weighted by Gasteiger charge is 2.32. The van der Waals surface area contributed by atoms with E-state index >= 15 is 0 Å². The molecule has 11 heteroatoms. The van der Waals surface area contributed by atoms with Crippen LogP contribution in [-0.4, -0.2) is 76.6 Å². The predicted octanol–water partition coefficient (Wildman–Crippen LogP) is 1.90. The summed E-state index contributed by atoms with van der Waals surface area (Å²) in [5.41, 5.74) is 1.62. The van der Waals surface area contributed by atoms with Crippen LogP contribution in [0.1, 0.15) is 51.6 Å². The van der Waals surface area contributed by atoms with Crippen molar-refractivity contribution >= 4 is 28.9 Å². The van der Waals surface area contributed by atoms with Crippen LogP contribution < -0.4 is 11.0 Å². The number of carbonyl (C=O) groups is 3. The lowest BCUT2D eigenvalue weighted by molar-refractivity contribution is -0.135. The number of piperidine rings is 1. The first-order valence-corrected chi connectivity index (χ1v) is 12.7. The Balaban J connectivity index is 1.33. The number of amides is 3. The second-order valence-corrected chi connectivity index (χ2v) is 10.6. The zero-order valence-corrected chi connectivity index (χ0v) is 22.0. The summed E-state index contributed by atoms with van der Waals surface area (Å²) in [4.78, 5) is 51.0. The van der Waals surface area contributed by atoms with Crippen LogP contribution in [0.5, 0.6) is 0 Å². The van der Waals surface area contributed by atoms with Crippen LogP contribution in [0.25, 0.3) is 11.0 Å². The number of benzene rings is 1. The van der Waals surface area contributed by atoms with Crippen molar-refractivity contribution in [2.45, 2.75) is 64.2 Å². The standard InChI is InChI=1S/C26H36N4O7/c1-26(2,3)37-25(34)29-12-14-36-18(15-29)16-35-13-6-8-17-7-5-9-19-22(17)28(4)24(33)30(19)20-10-11-21(31)27-23(20)32/h5,7,9,18,20H,6,8,10-16H2,1-4H3,(H,27,31,32)/t18-,20?/m1/s1. The van der Waals surface area contributed by atoms with Gasteiger partial charge in [-0.15, -0.1) is 0 Å². The van der Waals surface area contributed by atoms with Crippen LogP contribution in [-0.2, 0) is 37.3 Å². The molecule has 1 unspecified atom stereocenters. The number of morpholine rings is 1. The molecule has 2 atom stereocenters. The molecule has 2 saturated heterocycles. The molecule has 3 amide bonds. The van der Waals surface area contributed by atoms with Crippen molar-refractivity contribution in [3.8, 4) is 0 Å². The number of imidazole rings is 1. The average molecular weight is 517 g/mol. The largest absolute Gasteiger partial charge is 0.444 e. The van der Waals surface area contributed by atoms with E-state index in [9.17, 15) is 19.2 Å². The van der Waals surface area contributed by atoms with Gasteiger partial charge >= 0.3 is 11.8 Å². The van der Waals surface area contributed by atoms with Gasteiger partial charge in [0.05, 0.1) is 36.9 Å². The normalized spacial score (nSPS) is 20.8. The number of ether oxygens (including phenoxy) is 3. The highest BCUT2D eigenvalue weighted by Crippen LogP contribution is 2.25. The summed E-state index contributed by atoms with van der Waals surface area (Å²) in [5.74, 6) is -0.758. The fourth-order valence-electron chi connectivity index (χ4n) is 4.84. The van der Waals surface area contributed by atoms with E-state index in [2.05, 4.69) is 5.32 Å². The number of nitrogens with zero attached hydrogens (tertiary/aromatic N) is 3. The number of carbonyl (C=O) groups excluding carboxylic acids is 3. The van der Waals surface area contributed by atoms with E-state index in [4.69, 9.17) is 14.2 Å². The van der Waals surface area contributed by atoms with Crippen molar-refractivity contribution in [2.75, 3.05) is 32.9 Å². The Morgan fingerprint density at radius 3 is 2.73 bits per heavy atom. The third kappa shape index (κ3) is 6.22. The summed E-state index contributed by atoms with van der Waals surface area (Å²) in [5, 5.41) is 2.34. The lowest BCUT2D eigenvalue weighted by Crippen LogP contribution is -2.48. The van der Waals surface area contributed by atoms with Crippen LogP contribution in [0, 0.1) is 0 Å². The predicted molar refractivity (Wildman–Crippen MR) is 135 cm³/mol. The van der Waals surface area contributed by atoms with E-state index in [-0.39, 0.29) is 30.2 Å². The number of para-hydroxylation sites is 1. The van der Waals surface area contributed by atoms with Gasteiger partial charge in [-0.1, -0.05) is 12.1 Å². The average Bonchev–Trinajstić information content (AvgIpc) is 3.09. The maximum absolute atomic E-state index is 13.1. The summed E-state index contributed by atoms with van der Waals surface area (Å²) in [7, 11) is 1.70. The maximum atomic E-state index is 13.1. The van der Waals surface area contributed by atoms with Gasteiger partial charge in [0.2, 0.25) is 11.8 Å². The number of aromatic nitrogens is 2. The van der Waals surface area contributed by atoms with E-state index in [1.807, 2.05) is 39.0 Å². The summed E-state index contributed by atoms with van der Waals surface area (Å²) < 4.78 is 20.1. The van der Waals surface area contributed by atoms with E-state index in [0.29, 0.717) is 51.3 Å². The molecule has 2 aliphatic heterocycles. The summed E-state index contributed by atoms with van der Waals surface area (Å²) in [6.07, 6.45) is 1.35. The number of hydrogen-bond donors (Lipinski definition) is 1. The topological polar surface area (TPSA) is 121 Å². The minimum atomic E-state index is -0.705. The van der Waals surface area contributed by atoms with Gasteiger partial charge in [0.25, 0.3) is 0 Å². The molecule has 1 N–H and O–H groups in total. The molecule has 11 nitrogen and oxygen atoms in total. The first-order chi connectivity index (χ1) is 17.5. The first-order valence-electron chi connectivity index (χ1n) is 12.7. The zero-order valence-electron chi connectivity index (χ0n) is 22.0. The van der Waals surface area contributed by atoms with Gasteiger partial charge in [-0.05, 0) is 51.7 Å². The van der Waals surface area contributed by atoms with Gasteiger partial charge in [0, 0.05) is 26.6 Å². The van der Waals surface area contributed by atoms with Gasteiger partial charge < -0.3 is 19.1 Å². The molecule has 202 valence electrons. The molecule has 4 rings (SSSR count). The molecule has 2 aliphatic rings. The van der Waals surface area contributed by atoms with Crippen LogP contribution in [0.3, 0.4) is 0 Å². The molecule has 0 bridgehead atoms. The molecule has 0 spiro atoms. The number of rotatable bonds is 7. The lowest BCUT2D eigenvalue weighted by atomic mass is 10.0. The molecule has 3 heterocycles. The minimum Gasteiger partial charge on any atom is -0.444 e. The Hall–Kier alpha value is -3.18. The van der Waals surface area contributed by atoms with Gasteiger partial charge in [-0.25, -0.2) is 9.59 Å². The molecule has 0 aliphatic carbocycles. The highest BCUT2D eigenvalue weighted by molar-refractivity contribution is 6.00. The fraction of sp³-hybridized carbons (Fsp3) is 0.615. The van der Waals surface area contributed by atoms with Crippen molar-refractivity contribution in [1.29, 1.82) is 0 Å². The third-order valence-corrected chi connectivity index (χ3v) is 6.54. The minimum absolute atomic E-state index is 0.205. The van der Waals surface area contributed by atoms with Gasteiger partial charge in [0.15, 0.2) is 0 Å². The van der Waals surface area contributed by atoms with Crippen molar-refractivity contribution < 1.29 is 28.6 Å². The molecule has 37 heavy (non-hydrogen) atoms. The highest BCUT2D eigenvalue weighted by atomic mass is 16.6. The van der Waals surface area contributed by atoms with Crippen molar-refractivity contribution in [1.82, 2.24) is 19.4 Å². The lowest BCUT2D eigenvalue weighted by Gasteiger charge is -2.34. The van der Waals surface area contributed by atoms with Crippen molar-refractivity contribution in [3.05, 3.63) is 34.2 Å². The van der Waals surface area contributed by atoms with E-state index in [1.54, 1.807) is 16.5 Å². The van der Waals surface area contributed by atoms with Crippen LogP contribution >= 0.6 is 0 Å². The van der Waals surface area contributed by atoms with E-state index in [1.165, 1.54) is 4.57 Å². The van der Waals surface area contributed by atoms with E-state index < -0.39 is 17.6 Å². The third-order valence-electron chi connectivity index (χ3n) is 6.54. The maximum Gasteiger partial charge on any atom is 0.410 e. The van der Waals surface area contributed by atoms with Crippen LogP contribution in [0.2, 0.25) is 0 Å². The molecule has 1 aromatic carbocycles. The van der Waals surface area contributed by atoms with Crippen LogP contribution in [0.15, 0.2) is 23.0 Å². The number of nitrogens with one attached hydrogen (secondary N) is 1. The molecule has 1 aromatic heterocycles. The Morgan fingerprint density at radius 1 is 1.22 bits per heavy atom. The van der Waals surface area contributed by atoms with Gasteiger partial charge in [-0.3, -0.25) is 24.0 Å². The number of hydrogen-bond acceptors (Lipinski definition) is 7. The Kier molecular flexibility index (Phi) is 8.03. The number of imide groups is 1.